The topological polar surface area (TPSA) is 29.9 Å². The van der Waals surface area contributed by atoms with E-state index in [9.17, 15) is 0 Å². The molecule has 2 aliphatic carbocycles. The van der Waals surface area contributed by atoms with Gasteiger partial charge in [0.1, 0.15) is 5.82 Å². The summed E-state index contributed by atoms with van der Waals surface area (Å²) in [5.74, 6) is 1.11. The molecule has 0 spiro atoms. The molecule has 1 N–H and O–H groups in total. The standard InChI is InChI=1S/C15H17N3/c1-9-17-12-4-11-10(3-13(12)18(9)2)5-14-6-15(11,14)8-16-7-14/h3-4,16H,5-8H2,1-2H3. The van der Waals surface area contributed by atoms with Gasteiger partial charge in [-0.05, 0) is 48.4 Å². The van der Waals surface area contributed by atoms with Gasteiger partial charge in [0.15, 0.2) is 0 Å². The number of nitrogens with one attached hydrogen (secondary N) is 1. The van der Waals surface area contributed by atoms with Crippen molar-refractivity contribution in [1.29, 1.82) is 0 Å². The summed E-state index contributed by atoms with van der Waals surface area (Å²) in [5.41, 5.74) is 6.70. The fourth-order valence-electron chi connectivity index (χ4n) is 4.66. The largest absolute Gasteiger partial charge is 0.331 e. The summed E-state index contributed by atoms with van der Waals surface area (Å²) in [6.45, 7) is 4.48. The van der Waals surface area contributed by atoms with Crippen LogP contribution in [0.3, 0.4) is 0 Å². The molecule has 2 unspecified atom stereocenters. The average molecular weight is 239 g/mol. The van der Waals surface area contributed by atoms with E-state index in [-0.39, 0.29) is 0 Å². The zero-order chi connectivity index (χ0) is 12.1. The molecule has 2 atom stereocenters. The fraction of sp³-hybridized carbons (Fsp3) is 0.533. The van der Waals surface area contributed by atoms with Crippen LogP contribution in [0.4, 0.5) is 0 Å². The van der Waals surface area contributed by atoms with Crippen molar-refractivity contribution in [3.05, 3.63) is 29.1 Å². The molecule has 18 heavy (non-hydrogen) atoms. The highest BCUT2D eigenvalue weighted by molar-refractivity contribution is 5.80. The normalized spacial score (nSPS) is 35.7. The molecule has 1 aliphatic heterocycles. The number of hydrogen-bond donors (Lipinski definition) is 1. The second-order valence-corrected chi connectivity index (χ2v) is 6.54. The Morgan fingerprint density at radius 3 is 3.11 bits per heavy atom. The summed E-state index contributed by atoms with van der Waals surface area (Å²) in [7, 11) is 2.12. The molecular weight excluding hydrogens is 222 g/mol. The van der Waals surface area contributed by atoms with Crippen LogP contribution in [0.15, 0.2) is 12.1 Å². The summed E-state index contributed by atoms with van der Waals surface area (Å²) < 4.78 is 2.21. The lowest BCUT2D eigenvalue weighted by Gasteiger charge is -2.13. The Bertz CT molecular complexity index is 710. The number of nitrogens with zero attached hydrogens (tertiary/aromatic N) is 2. The van der Waals surface area contributed by atoms with E-state index in [1.807, 2.05) is 0 Å². The van der Waals surface area contributed by atoms with E-state index >= 15 is 0 Å². The molecule has 92 valence electrons. The van der Waals surface area contributed by atoms with E-state index in [1.165, 1.54) is 37.0 Å². The van der Waals surface area contributed by atoms with E-state index in [1.54, 1.807) is 11.1 Å². The molecule has 2 fully saturated rings. The predicted molar refractivity (Wildman–Crippen MR) is 70.8 cm³/mol. The average Bonchev–Trinajstić information content (AvgIpc) is 2.57. The second-order valence-electron chi connectivity index (χ2n) is 6.54. The van der Waals surface area contributed by atoms with Gasteiger partial charge in [-0.15, -0.1) is 0 Å². The molecule has 0 amide bonds. The first-order chi connectivity index (χ1) is 8.65. The van der Waals surface area contributed by atoms with E-state index in [4.69, 9.17) is 4.98 Å². The molecule has 0 bridgehead atoms. The van der Waals surface area contributed by atoms with Gasteiger partial charge in [-0.25, -0.2) is 4.98 Å². The molecule has 3 heteroatoms. The lowest BCUT2D eigenvalue weighted by Crippen LogP contribution is -2.21. The number of aryl methyl sites for hydroxylation is 2. The Morgan fingerprint density at radius 2 is 2.22 bits per heavy atom. The minimum atomic E-state index is 0.474. The second kappa shape index (κ2) is 2.50. The van der Waals surface area contributed by atoms with Gasteiger partial charge in [0.05, 0.1) is 11.0 Å². The van der Waals surface area contributed by atoms with Crippen LogP contribution < -0.4 is 5.32 Å². The maximum atomic E-state index is 4.69. The van der Waals surface area contributed by atoms with E-state index < -0.39 is 0 Å². The molecule has 3 nitrogen and oxygen atoms in total. The molecule has 0 radical (unpaired) electrons. The lowest BCUT2D eigenvalue weighted by atomic mass is 9.95. The van der Waals surface area contributed by atoms with Crippen LogP contribution in [0.1, 0.15) is 23.4 Å². The Morgan fingerprint density at radius 1 is 1.33 bits per heavy atom. The SMILES string of the molecule is Cc1nc2cc3c(cc2n1C)CC12CNCC31C2. The number of imidazole rings is 1. The van der Waals surface area contributed by atoms with Crippen molar-refractivity contribution in [2.75, 3.05) is 13.1 Å². The highest BCUT2D eigenvalue weighted by Crippen LogP contribution is 2.73. The number of rotatable bonds is 0. The number of aromatic nitrogens is 2. The number of piperidine rings is 1. The Labute approximate surface area is 106 Å². The quantitative estimate of drug-likeness (QED) is 0.758. The first-order valence-corrected chi connectivity index (χ1v) is 6.82. The van der Waals surface area contributed by atoms with Gasteiger partial charge in [0, 0.05) is 25.6 Å². The molecule has 5 rings (SSSR count). The van der Waals surface area contributed by atoms with Gasteiger partial charge in [0.25, 0.3) is 0 Å². The molecule has 1 aromatic heterocycles. The van der Waals surface area contributed by atoms with Crippen LogP contribution in [0.25, 0.3) is 11.0 Å². The highest BCUT2D eigenvalue weighted by Gasteiger charge is 2.73. The van der Waals surface area contributed by atoms with Crippen LogP contribution in [0.2, 0.25) is 0 Å². The number of benzene rings is 1. The zero-order valence-electron chi connectivity index (χ0n) is 10.9. The van der Waals surface area contributed by atoms with Gasteiger partial charge in [0.2, 0.25) is 0 Å². The summed E-state index contributed by atoms with van der Waals surface area (Å²) in [6.07, 6.45) is 2.67. The van der Waals surface area contributed by atoms with Crippen molar-refractivity contribution in [1.82, 2.24) is 14.9 Å². The smallest absolute Gasteiger partial charge is 0.106 e. The molecule has 3 aliphatic rings. The van der Waals surface area contributed by atoms with Crippen molar-refractivity contribution in [2.24, 2.45) is 12.5 Å². The number of fused-ring (bicyclic) bond motifs is 2. The van der Waals surface area contributed by atoms with Gasteiger partial charge >= 0.3 is 0 Å². The summed E-state index contributed by atoms with van der Waals surface area (Å²) in [6, 6.07) is 4.77. The Kier molecular flexibility index (Phi) is 1.33. The minimum Gasteiger partial charge on any atom is -0.331 e. The molecule has 1 aromatic carbocycles. The summed E-state index contributed by atoms with van der Waals surface area (Å²) in [5, 5.41) is 3.59. The lowest BCUT2D eigenvalue weighted by molar-refractivity contribution is 0.522. The van der Waals surface area contributed by atoms with Crippen molar-refractivity contribution in [2.45, 2.75) is 25.2 Å². The van der Waals surface area contributed by atoms with Crippen molar-refractivity contribution >= 4 is 11.0 Å². The Hall–Kier alpha value is -1.35. The van der Waals surface area contributed by atoms with Gasteiger partial charge in [-0.2, -0.15) is 0 Å². The van der Waals surface area contributed by atoms with Gasteiger partial charge in [-0.1, -0.05) is 0 Å². The molecule has 2 aromatic rings. The van der Waals surface area contributed by atoms with Crippen LogP contribution in [0, 0.1) is 12.3 Å². The van der Waals surface area contributed by atoms with Crippen LogP contribution >= 0.6 is 0 Å². The van der Waals surface area contributed by atoms with E-state index in [0.29, 0.717) is 10.8 Å². The van der Waals surface area contributed by atoms with Gasteiger partial charge < -0.3 is 9.88 Å². The van der Waals surface area contributed by atoms with Crippen LogP contribution in [0.5, 0.6) is 0 Å². The van der Waals surface area contributed by atoms with E-state index in [0.717, 1.165) is 5.82 Å². The third kappa shape index (κ3) is 0.794. The maximum Gasteiger partial charge on any atom is 0.106 e. The van der Waals surface area contributed by atoms with Crippen molar-refractivity contribution < 1.29 is 0 Å². The first-order valence-electron chi connectivity index (χ1n) is 6.82. The van der Waals surface area contributed by atoms with E-state index in [2.05, 4.69) is 36.0 Å². The minimum absolute atomic E-state index is 0.474. The van der Waals surface area contributed by atoms with Crippen molar-refractivity contribution in [3.8, 4) is 0 Å². The van der Waals surface area contributed by atoms with Crippen LogP contribution in [-0.4, -0.2) is 22.6 Å². The maximum absolute atomic E-state index is 4.69. The third-order valence-corrected chi connectivity index (χ3v) is 5.79. The molecule has 1 saturated carbocycles. The summed E-state index contributed by atoms with van der Waals surface area (Å²) in [4.78, 5) is 4.69. The third-order valence-electron chi connectivity index (χ3n) is 5.79. The fourth-order valence-corrected chi connectivity index (χ4v) is 4.66. The van der Waals surface area contributed by atoms with Crippen molar-refractivity contribution in [3.63, 3.8) is 0 Å². The number of hydrogen-bond acceptors (Lipinski definition) is 2. The zero-order valence-corrected chi connectivity index (χ0v) is 10.9. The first kappa shape index (κ1) is 9.56. The molecular formula is C15H17N3. The molecule has 2 heterocycles. The highest BCUT2D eigenvalue weighted by atomic mass is 15.1. The van der Waals surface area contributed by atoms with Gasteiger partial charge in [-0.3, -0.25) is 0 Å². The monoisotopic (exact) mass is 239 g/mol. The Balaban J connectivity index is 1.83. The summed E-state index contributed by atoms with van der Waals surface area (Å²) >= 11 is 0. The molecule has 1 saturated heterocycles. The van der Waals surface area contributed by atoms with Crippen LogP contribution in [-0.2, 0) is 18.9 Å². The predicted octanol–water partition coefficient (Wildman–Crippen LogP) is 1.67.